The van der Waals surface area contributed by atoms with E-state index in [2.05, 4.69) is 20.4 Å². The minimum Gasteiger partial charge on any atom is -0.355 e. The fraction of sp³-hybridized carbons (Fsp3) is 0.400. The van der Waals surface area contributed by atoms with Crippen LogP contribution in [0.4, 0.5) is 5.69 Å². The van der Waals surface area contributed by atoms with Crippen LogP contribution >= 0.6 is 0 Å². The largest absolute Gasteiger partial charge is 0.355 e. The van der Waals surface area contributed by atoms with Crippen molar-refractivity contribution in [3.05, 3.63) is 18.3 Å². The maximum Gasteiger partial charge on any atom is 0.260 e. The first-order valence-corrected chi connectivity index (χ1v) is 7.24. The average Bonchev–Trinajstić information content (AvgIpc) is 2.41. The number of rotatable bonds is 4. The normalized spacial score (nSPS) is 19.8. The van der Waals surface area contributed by atoms with Crippen LogP contribution < -0.4 is 21.3 Å². The molecular weight excluding hydrogens is 270 g/mol. The van der Waals surface area contributed by atoms with Gasteiger partial charge in [-0.25, -0.2) is 13.4 Å². The van der Waals surface area contributed by atoms with Gasteiger partial charge in [0.05, 0.1) is 5.69 Å². The summed E-state index contributed by atoms with van der Waals surface area (Å²) in [6.07, 6.45) is 2.53. The van der Waals surface area contributed by atoms with Crippen LogP contribution in [0, 0.1) is 0 Å². The highest BCUT2D eigenvalue weighted by Gasteiger charge is 2.29. The summed E-state index contributed by atoms with van der Waals surface area (Å²) >= 11 is 0. The van der Waals surface area contributed by atoms with Crippen molar-refractivity contribution in [2.24, 2.45) is 5.84 Å². The molecule has 1 saturated heterocycles. The number of hydrogen-bond donors (Lipinski definition) is 4. The number of hydrogen-bond acceptors (Lipinski definition) is 6. The summed E-state index contributed by atoms with van der Waals surface area (Å²) in [6, 6.07) is 2.27. The second-order valence-corrected chi connectivity index (χ2v) is 5.74. The zero-order valence-electron chi connectivity index (χ0n) is 10.1. The molecular formula is C10H15N5O3S. The van der Waals surface area contributed by atoms with Crippen molar-refractivity contribution in [2.75, 3.05) is 12.0 Å². The molecule has 1 fully saturated rings. The first-order chi connectivity index (χ1) is 9.04. The molecule has 0 aliphatic carbocycles. The van der Waals surface area contributed by atoms with Crippen LogP contribution in [0.5, 0.6) is 0 Å². The molecule has 0 spiro atoms. The zero-order valence-corrected chi connectivity index (χ0v) is 10.9. The Morgan fingerprint density at radius 1 is 1.47 bits per heavy atom. The number of amides is 1. The van der Waals surface area contributed by atoms with E-state index in [1.54, 1.807) is 6.07 Å². The second-order valence-electron chi connectivity index (χ2n) is 4.11. The van der Waals surface area contributed by atoms with Crippen LogP contribution in [0.3, 0.4) is 0 Å². The lowest BCUT2D eigenvalue weighted by molar-refractivity contribution is -0.124. The molecule has 2 heterocycles. The smallest absolute Gasteiger partial charge is 0.260 e. The quantitative estimate of drug-likeness (QED) is 0.412. The number of nitrogens with one attached hydrogen (secondary N) is 3. The van der Waals surface area contributed by atoms with Crippen LogP contribution in [-0.2, 0) is 14.8 Å². The fourth-order valence-electron chi connectivity index (χ4n) is 1.84. The molecule has 1 unspecified atom stereocenters. The van der Waals surface area contributed by atoms with Gasteiger partial charge in [0, 0.05) is 12.7 Å². The van der Waals surface area contributed by atoms with Gasteiger partial charge < -0.3 is 10.7 Å². The van der Waals surface area contributed by atoms with E-state index >= 15 is 0 Å². The molecule has 1 aliphatic heterocycles. The molecule has 1 aromatic heterocycles. The Balaban J connectivity index is 2.24. The number of nitrogens with zero attached hydrogens (tertiary/aromatic N) is 1. The van der Waals surface area contributed by atoms with Gasteiger partial charge >= 0.3 is 0 Å². The van der Waals surface area contributed by atoms with Gasteiger partial charge in [0.25, 0.3) is 10.0 Å². The third kappa shape index (κ3) is 3.00. The second kappa shape index (κ2) is 5.51. The Kier molecular flexibility index (Phi) is 3.98. The molecule has 0 radical (unpaired) electrons. The van der Waals surface area contributed by atoms with E-state index < -0.39 is 16.1 Å². The number of aromatic nitrogens is 1. The standard InChI is InChI=1S/C10H15N5O3S/c11-14-8-4-2-6-13-10(8)19(17,18)15-7-3-1-5-12-9(7)16/h2,4,6-7,14-15H,1,3,5,11H2,(H,12,16). The first kappa shape index (κ1) is 13.7. The van der Waals surface area contributed by atoms with E-state index in [1.165, 1.54) is 12.3 Å². The summed E-state index contributed by atoms with van der Waals surface area (Å²) in [5.41, 5.74) is 2.44. The van der Waals surface area contributed by atoms with E-state index in [0.29, 0.717) is 13.0 Å². The lowest BCUT2D eigenvalue weighted by Crippen LogP contribution is -2.50. The Morgan fingerprint density at radius 2 is 2.26 bits per heavy atom. The lowest BCUT2D eigenvalue weighted by Gasteiger charge is -2.22. The van der Waals surface area contributed by atoms with Crippen LogP contribution in [-0.4, -0.2) is 31.9 Å². The van der Waals surface area contributed by atoms with Gasteiger partial charge in [-0.3, -0.25) is 10.6 Å². The Hall–Kier alpha value is -1.71. The maximum absolute atomic E-state index is 12.2. The highest BCUT2D eigenvalue weighted by atomic mass is 32.2. The molecule has 8 nitrogen and oxygen atoms in total. The van der Waals surface area contributed by atoms with Crippen molar-refractivity contribution in [3.63, 3.8) is 0 Å². The molecule has 9 heteroatoms. The maximum atomic E-state index is 12.2. The SMILES string of the molecule is NNc1cccnc1S(=O)(=O)NC1CCCNC1=O. The molecule has 0 aromatic carbocycles. The summed E-state index contributed by atoms with van der Waals surface area (Å²) in [6.45, 7) is 0.566. The zero-order chi connectivity index (χ0) is 13.9. The van der Waals surface area contributed by atoms with Crippen molar-refractivity contribution in [1.82, 2.24) is 15.0 Å². The molecule has 1 aromatic rings. The summed E-state index contributed by atoms with van der Waals surface area (Å²) in [5, 5.41) is 2.38. The van der Waals surface area contributed by atoms with Crippen LogP contribution in [0.2, 0.25) is 0 Å². The predicted octanol–water partition coefficient (Wildman–Crippen LogP) is -1.08. The van der Waals surface area contributed by atoms with E-state index in [9.17, 15) is 13.2 Å². The molecule has 5 N–H and O–H groups in total. The molecule has 19 heavy (non-hydrogen) atoms. The summed E-state index contributed by atoms with van der Waals surface area (Å²) in [5.74, 6) is 4.92. The Morgan fingerprint density at radius 3 is 2.95 bits per heavy atom. The van der Waals surface area contributed by atoms with Gasteiger partial charge in [-0.2, -0.15) is 4.72 Å². The number of pyridine rings is 1. The van der Waals surface area contributed by atoms with E-state index in [-0.39, 0.29) is 16.6 Å². The van der Waals surface area contributed by atoms with Gasteiger partial charge in [-0.05, 0) is 25.0 Å². The monoisotopic (exact) mass is 285 g/mol. The highest BCUT2D eigenvalue weighted by Crippen LogP contribution is 2.17. The highest BCUT2D eigenvalue weighted by molar-refractivity contribution is 7.89. The summed E-state index contributed by atoms with van der Waals surface area (Å²) < 4.78 is 26.7. The molecule has 104 valence electrons. The van der Waals surface area contributed by atoms with Gasteiger partial charge in [-0.1, -0.05) is 0 Å². The van der Waals surface area contributed by atoms with Gasteiger partial charge in [0.15, 0.2) is 5.03 Å². The fourth-order valence-corrected chi connectivity index (χ4v) is 3.17. The number of carbonyl (C=O) groups is 1. The van der Waals surface area contributed by atoms with Crippen molar-refractivity contribution in [2.45, 2.75) is 23.9 Å². The molecule has 1 aliphatic rings. The van der Waals surface area contributed by atoms with Crippen molar-refractivity contribution in [1.29, 1.82) is 0 Å². The minimum absolute atomic E-state index is 0.172. The minimum atomic E-state index is -3.90. The van der Waals surface area contributed by atoms with E-state index in [1.807, 2.05) is 0 Å². The number of nitrogens with two attached hydrogens (primary N) is 1. The van der Waals surface area contributed by atoms with Crippen LogP contribution in [0.15, 0.2) is 23.4 Å². The molecule has 0 bridgehead atoms. The van der Waals surface area contributed by atoms with Crippen LogP contribution in [0.1, 0.15) is 12.8 Å². The summed E-state index contributed by atoms with van der Waals surface area (Å²) in [7, 11) is -3.90. The van der Waals surface area contributed by atoms with Gasteiger partial charge in [-0.15, -0.1) is 0 Å². The Labute approximate surface area is 110 Å². The summed E-state index contributed by atoms with van der Waals surface area (Å²) in [4.78, 5) is 15.3. The van der Waals surface area contributed by atoms with Crippen molar-refractivity contribution < 1.29 is 13.2 Å². The third-order valence-corrected chi connectivity index (χ3v) is 4.19. The molecule has 0 saturated carbocycles. The van der Waals surface area contributed by atoms with Crippen molar-refractivity contribution >= 4 is 21.6 Å². The number of sulfonamides is 1. The van der Waals surface area contributed by atoms with Crippen LogP contribution in [0.25, 0.3) is 0 Å². The number of anilines is 1. The molecule has 1 atom stereocenters. The molecule has 2 rings (SSSR count). The number of hydrazine groups is 1. The lowest BCUT2D eigenvalue weighted by atomic mass is 10.1. The molecule has 1 amide bonds. The number of piperidine rings is 1. The Bertz CT molecular complexity index is 574. The van der Waals surface area contributed by atoms with Gasteiger partial charge in [0.1, 0.15) is 6.04 Å². The van der Waals surface area contributed by atoms with E-state index in [0.717, 1.165) is 6.42 Å². The van der Waals surface area contributed by atoms with Gasteiger partial charge in [0.2, 0.25) is 5.91 Å². The first-order valence-electron chi connectivity index (χ1n) is 5.76. The third-order valence-electron chi connectivity index (χ3n) is 2.76. The van der Waals surface area contributed by atoms with E-state index in [4.69, 9.17) is 5.84 Å². The number of carbonyl (C=O) groups excluding carboxylic acids is 1. The number of nitrogen functional groups attached to an aromatic ring is 1. The van der Waals surface area contributed by atoms with Crippen molar-refractivity contribution in [3.8, 4) is 0 Å². The topological polar surface area (TPSA) is 126 Å². The predicted molar refractivity (Wildman–Crippen MR) is 68.4 cm³/mol. The average molecular weight is 285 g/mol.